The molecule has 0 aliphatic carbocycles. The van der Waals surface area contributed by atoms with Crippen LogP contribution in [0.1, 0.15) is 19.8 Å². The van der Waals surface area contributed by atoms with Gasteiger partial charge in [0.15, 0.2) is 0 Å². The minimum atomic E-state index is -4.73. The van der Waals surface area contributed by atoms with E-state index in [1.807, 2.05) is 5.32 Å². The monoisotopic (exact) mass is 445 g/mol. The molecule has 0 bridgehead atoms. The maximum atomic E-state index is 12.1. The molecule has 0 aliphatic rings. The van der Waals surface area contributed by atoms with Gasteiger partial charge in [0, 0.05) is 12.2 Å². The number of hydrogen-bond acceptors (Lipinski definition) is 8. The molecule has 0 saturated heterocycles. The number of carboxylic acid groups (broad SMARTS) is 2. The smallest absolute Gasteiger partial charge is 0.341 e. The Labute approximate surface area is 164 Å². The SMILES string of the molecule is C[C@@H](O)[C@@H](SCC(NC(=O)CC[C@H](N)C(=O)O)C(=O)NCC(=O)O)P(=O)(O)O. The third kappa shape index (κ3) is 10.6. The van der Waals surface area contributed by atoms with Gasteiger partial charge in [-0.2, -0.15) is 0 Å². The van der Waals surface area contributed by atoms with Crippen molar-refractivity contribution in [2.45, 2.75) is 42.9 Å². The molecule has 0 spiro atoms. The van der Waals surface area contributed by atoms with E-state index in [2.05, 4.69) is 5.32 Å². The highest BCUT2D eigenvalue weighted by Crippen LogP contribution is 2.48. The van der Waals surface area contributed by atoms with Gasteiger partial charge in [0.25, 0.3) is 0 Å². The molecule has 0 aliphatic heterocycles. The molecule has 0 aromatic heterocycles. The topological polar surface area (TPSA) is 237 Å². The lowest BCUT2D eigenvalue weighted by molar-refractivity contribution is -0.139. The van der Waals surface area contributed by atoms with E-state index in [0.717, 1.165) is 6.92 Å². The van der Waals surface area contributed by atoms with Gasteiger partial charge in [0.2, 0.25) is 11.8 Å². The summed E-state index contributed by atoms with van der Waals surface area (Å²) < 4.78 is 11.4. The summed E-state index contributed by atoms with van der Waals surface area (Å²) in [7, 11) is -4.73. The summed E-state index contributed by atoms with van der Waals surface area (Å²) in [4.78, 5) is 62.2. The van der Waals surface area contributed by atoms with Crippen molar-refractivity contribution in [3.05, 3.63) is 0 Å². The van der Waals surface area contributed by atoms with Crippen LogP contribution in [0.15, 0.2) is 0 Å². The van der Waals surface area contributed by atoms with Crippen molar-refractivity contribution in [2.75, 3.05) is 12.3 Å². The second-order valence-electron chi connectivity index (χ2n) is 5.77. The Morgan fingerprint density at radius 3 is 2.18 bits per heavy atom. The largest absolute Gasteiger partial charge is 0.480 e. The van der Waals surface area contributed by atoms with Crippen LogP contribution in [0.25, 0.3) is 0 Å². The zero-order valence-corrected chi connectivity index (χ0v) is 16.6. The predicted octanol–water partition coefficient (Wildman–Crippen LogP) is -2.52. The van der Waals surface area contributed by atoms with Crippen molar-refractivity contribution in [2.24, 2.45) is 5.73 Å². The van der Waals surface area contributed by atoms with Crippen molar-refractivity contribution in [1.29, 1.82) is 0 Å². The van der Waals surface area contributed by atoms with E-state index in [1.54, 1.807) is 0 Å². The lowest BCUT2D eigenvalue weighted by Crippen LogP contribution is -2.50. The van der Waals surface area contributed by atoms with Gasteiger partial charge in [0.05, 0.1) is 6.10 Å². The number of hydrogen-bond donors (Lipinski definition) is 8. The number of thioether (sulfide) groups is 1. The number of aliphatic hydroxyl groups is 1. The molecule has 0 fully saturated rings. The molecule has 0 aromatic carbocycles. The van der Waals surface area contributed by atoms with E-state index in [0.29, 0.717) is 11.8 Å². The Morgan fingerprint density at radius 2 is 1.75 bits per heavy atom. The molecule has 0 saturated carbocycles. The zero-order valence-electron chi connectivity index (χ0n) is 14.8. The normalized spacial score (nSPS) is 15.8. The van der Waals surface area contributed by atoms with Gasteiger partial charge in [-0.15, -0.1) is 11.8 Å². The average Bonchev–Trinajstić information content (AvgIpc) is 2.54. The molecule has 15 heteroatoms. The van der Waals surface area contributed by atoms with Gasteiger partial charge in [-0.25, -0.2) is 0 Å². The summed E-state index contributed by atoms with van der Waals surface area (Å²) in [6, 6.07) is -2.68. The fourth-order valence-corrected chi connectivity index (χ4v) is 4.36. The van der Waals surface area contributed by atoms with Gasteiger partial charge in [-0.3, -0.25) is 23.7 Å². The second-order valence-corrected chi connectivity index (χ2v) is 9.03. The zero-order chi connectivity index (χ0) is 22.1. The van der Waals surface area contributed by atoms with Crippen LogP contribution in [-0.4, -0.2) is 84.3 Å². The van der Waals surface area contributed by atoms with E-state index >= 15 is 0 Å². The van der Waals surface area contributed by atoms with Crippen LogP contribution < -0.4 is 16.4 Å². The average molecular weight is 445 g/mol. The molecule has 0 radical (unpaired) electrons. The Morgan fingerprint density at radius 1 is 1.18 bits per heavy atom. The van der Waals surface area contributed by atoms with Crippen LogP contribution in [0, 0.1) is 0 Å². The van der Waals surface area contributed by atoms with Crippen LogP contribution in [-0.2, 0) is 23.7 Å². The first-order valence-corrected chi connectivity index (χ1v) is 10.6. The van der Waals surface area contributed by atoms with Crippen LogP contribution in [0.3, 0.4) is 0 Å². The first-order chi connectivity index (χ1) is 12.8. The number of aliphatic carboxylic acids is 2. The fraction of sp³-hybridized carbons (Fsp3) is 0.692. The van der Waals surface area contributed by atoms with E-state index in [4.69, 9.17) is 15.9 Å². The van der Waals surface area contributed by atoms with Crippen LogP contribution >= 0.6 is 19.4 Å². The molecular formula is C13H24N3O10PS. The highest BCUT2D eigenvalue weighted by molar-refractivity contribution is 8.05. The summed E-state index contributed by atoms with van der Waals surface area (Å²) in [5.74, 6) is -4.75. The van der Waals surface area contributed by atoms with Gasteiger partial charge in [0.1, 0.15) is 23.6 Å². The number of carboxylic acids is 2. The minimum Gasteiger partial charge on any atom is -0.480 e. The molecular weight excluding hydrogens is 421 g/mol. The van der Waals surface area contributed by atoms with E-state index < -0.39 is 61.1 Å². The summed E-state index contributed by atoms with van der Waals surface area (Å²) >= 11 is 0.524. The number of nitrogens with two attached hydrogens (primary N) is 1. The highest BCUT2D eigenvalue weighted by Gasteiger charge is 2.35. The molecule has 0 heterocycles. The Bertz CT molecular complexity index is 626. The minimum absolute atomic E-state index is 0.226. The number of amides is 2. The summed E-state index contributed by atoms with van der Waals surface area (Å²) in [6.45, 7) is 0.389. The predicted molar refractivity (Wildman–Crippen MR) is 97.4 cm³/mol. The van der Waals surface area contributed by atoms with Crippen molar-refractivity contribution >= 4 is 43.1 Å². The quantitative estimate of drug-likeness (QED) is 0.137. The van der Waals surface area contributed by atoms with Crippen molar-refractivity contribution in [3.63, 3.8) is 0 Å². The molecule has 0 rings (SSSR count). The summed E-state index contributed by atoms with van der Waals surface area (Å²) in [5, 5.41) is 31.1. The van der Waals surface area contributed by atoms with Crippen molar-refractivity contribution < 1.29 is 48.8 Å². The van der Waals surface area contributed by atoms with E-state index in [-0.39, 0.29) is 18.6 Å². The van der Waals surface area contributed by atoms with Crippen LogP contribution in [0.4, 0.5) is 0 Å². The van der Waals surface area contributed by atoms with Crippen LogP contribution in [0.5, 0.6) is 0 Å². The standard InChI is InChI=1S/C13H24N3O10PS/c1-6(17)13(27(24,25)26)28-5-8(11(21)15-4-10(19)20)16-9(18)3-2-7(14)12(22)23/h6-8,13,17H,2-5,14H2,1H3,(H,15,21)(H,16,18)(H,19,20)(H,22,23)(H2,24,25,26)/t6-,7+,8?,13-/m1/s1. The molecule has 13 nitrogen and oxygen atoms in total. The molecule has 9 N–H and O–H groups in total. The Hall–Kier alpha value is -1.70. The number of aliphatic hydroxyl groups excluding tert-OH is 1. The Balaban J connectivity index is 5.07. The Kier molecular flexibility index (Phi) is 11.3. The summed E-state index contributed by atoms with van der Waals surface area (Å²) in [6.07, 6.45) is -2.01. The highest BCUT2D eigenvalue weighted by atomic mass is 32.2. The van der Waals surface area contributed by atoms with E-state index in [9.17, 15) is 38.6 Å². The molecule has 2 amide bonds. The van der Waals surface area contributed by atoms with Gasteiger partial charge in [-0.05, 0) is 13.3 Å². The van der Waals surface area contributed by atoms with Crippen LogP contribution in [0.2, 0.25) is 0 Å². The molecule has 162 valence electrons. The lowest BCUT2D eigenvalue weighted by Gasteiger charge is -2.24. The summed E-state index contributed by atoms with van der Waals surface area (Å²) in [5.41, 5.74) is 5.27. The van der Waals surface area contributed by atoms with Crippen molar-refractivity contribution in [1.82, 2.24) is 10.6 Å². The molecule has 1 unspecified atom stereocenters. The number of nitrogens with one attached hydrogen (secondary N) is 2. The third-order valence-corrected chi connectivity index (χ3v) is 6.87. The van der Waals surface area contributed by atoms with Gasteiger partial charge in [-0.1, -0.05) is 0 Å². The van der Waals surface area contributed by atoms with Gasteiger partial charge < -0.3 is 41.5 Å². The van der Waals surface area contributed by atoms with E-state index in [1.165, 1.54) is 0 Å². The first kappa shape index (κ1) is 26.3. The van der Waals surface area contributed by atoms with Gasteiger partial charge >= 0.3 is 19.5 Å². The fourth-order valence-electron chi connectivity index (χ4n) is 1.86. The second kappa shape index (κ2) is 12.0. The van der Waals surface area contributed by atoms with Crippen molar-refractivity contribution in [3.8, 4) is 0 Å². The maximum Gasteiger partial charge on any atom is 0.341 e. The lowest BCUT2D eigenvalue weighted by atomic mass is 10.1. The number of carbonyl (C=O) groups is 4. The number of carbonyl (C=O) groups excluding carboxylic acids is 2. The third-order valence-electron chi connectivity index (χ3n) is 3.24. The molecule has 4 atom stereocenters. The molecule has 28 heavy (non-hydrogen) atoms. The first-order valence-electron chi connectivity index (χ1n) is 7.87. The molecule has 0 aromatic rings. The number of rotatable bonds is 13. The maximum absolute atomic E-state index is 12.1.